The molecule has 0 spiro atoms. The lowest BCUT2D eigenvalue weighted by molar-refractivity contribution is 0.103. The molecule has 0 saturated carbocycles. The van der Waals surface area contributed by atoms with Crippen LogP contribution in [-0.4, -0.2) is 5.78 Å². The number of benzene rings is 2. The van der Waals surface area contributed by atoms with Crippen molar-refractivity contribution in [3.05, 3.63) is 78.1 Å². The first-order valence-electron chi connectivity index (χ1n) is 5.79. The van der Waals surface area contributed by atoms with Crippen LogP contribution < -0.4 is 4.74 Å². The van der Waals surface area contributed by atoms with Crippen LogP contribution in [0.4, 0.5) is 0 Å². The van der Waals surface area contributed by atoms with Crippen molar-refractivity contribution < 1.29 is 9.53 Å². The second-order valence-electron chi connectivity index (χ2n) is 3.81. The average molecular weight is 238 g/mol. The highest BCUT2D eigenvalue weighted by Gasteiger charge is 2.07. The van der Waals surface area contributed by atoms with Gasteiger partial charge in [0.2, 0.25) is 0 Å². The number of carbonyl (C=O) groups excluding carboxylic acids is 1. The van der Waals surface area contributed by atoms with Crippen LogP contribution in [0.3, 0.4) is 0 Å². The van der Waals surface area contributed by atoms with Crippen LogP contribution in [0.5, 0.6) is 5.75 Å². The zero-order chi connectivity index (χ0) is 12.8. The summed E-state index contributed by atoms with van der Waals surface area (Å²) in [6, 6.07) is 16.4. The van der Waals surface area contributed by atoms with E-state index in [0.29, 0.717) is 11.1 Å². The summed E-state index contributed by atoms with van der Waals surface area (Å²) in [6.45, 7) is 1.88. The zero-order valence-electron chi connectivity index (χ0n) is 10.2. The predicted molar refractivity (Wildman–Crippen MR) is 71.8 cm³/mol. The first-order valence-corrected chi connectivity index (χ1v) is 5.79. The van der Waals surface area contributed by atoms with E-state index in [4.69, 9.17) is 4.74 Å². The van der Waals surface area contributed by atoms with E-state index in [2.05, 4.69) is 0 Å². The molecule has 0 saturated heterocycles. The summed E-state index contributed by atoms with van der Waals surface area (Å²) in [5.41, 5.74) is 1.36. The van der Waals surface area contributed by atoms with E-state index in [0.717, 1.165) is 5.75 Å². The molecule has 0 amide bonds. The van der Waals surface area contributed by atoms with Crippen LogP contribution in [0, 0.1) is 0 Å². The normalized spacial score (nSPS) is 10.5. The Kier molecular flexibility index (Phi) is 3.92. The monoisotopic (exact) mass is 238 g/mol. The van der Waals surface area contributed by atoms with Crippen molar-refractivity contribution in [3.63, 3.8) is 0 Å². The van der Waals surface area contributed by atoms with Gasteiger partial charge in [-0.05, 0) is 31.2 Å². The van der Waals surface area contributed by atoms with E-state index >= 15 is 0 Å². The van der Waals surface area contributed by atoms with Crippen LogP contribution in [0.1, 0.15) is 22.8 Å². The first kappa shape index (κ1) is 12.1. The summed E-state index contributed by atoms with van der Waals surface area (Å²) < 4.78 is 5.30. The van der Waals surface area contributed by atoms with Crippen molar-refractivity contribution in [2.75, 3.05) is 0 Å². The molecule has 0 fully saturated rings. The van der Waals surface area contributed by atoms with Crippen LogP contribution in [0.2, 0.25) is 0 Å². The molecule has 2 nitrogen and oxygen atoms in total. The van der Waals surface area contributed by atoms with Crippen molar-refractivity contribution in [1.82, 2.24) is 0 Å². The Morgan fingerprint density at radius 1 is 0.944 bits per heavy atom. The number of ether oxygens (including phenoxy) is 1. The van der Waals surface area contributed by atoms with E-state index in [-0.39, 0.29) is 5.78 Å². The second kappa shape index (κ2) is 5.82. The highest BCUT2D eigenvalue weighted by Crippen LogP contribution is 2.15. The summed E-state index contributed by atoms with van der Waals surface area (Å²) in [5, 5.41) is 0. The topological polar surface area (TPSA) is 26.3 Å². The van der Waals surface area contributed by atoms with Gasteiger partial charge in [-0.3, -0.25) is 4.79 Å². The second-order valence-corrected chi connectivity index (χ2v) is 3.81. The highest BCUT2D eigenvalue weighted by atomic mass is 16.5. The van der Waals surface area contributed by atoms with Gasteiger partial charge in [0.25, 0.3) is 0 Å². The predicted octanol–water partition coefficient (Wildman–Crippen LogP) is 3.83. The van der Waals surface area contributed by atoms with Gasteiger partial charge in [0, 0.05) is 11.1 Å². The molecule has 0 aromatic heterocycles. The Hall–Kier alpha value is -2.35. The van der Waals surface area contributed by atoms with Crippen molar-refractivity contribution in [2.24, 2.45) is 0 Å². The molecule has 2 aromatic carbocycles. The Balaban J connectivity index is 2.17. The molecule has 90 valence electrons. The number of allylic oxidation sites excluding steroid dienone is 1. The van der Waals surface area contributed by atoms with Gasteiger partial charge in [0.15, 0.2) is 5.78 Å². The molecule has 2 rings (SSSR count). The van der Waals surface area contributed by atoms with Crippen molar-refractivity contribution >= 4 is 5.78 Å². The Labute approximate surface area is 107 Å². The number of carbonyl (C=O) groups is 1. The van der Waals surface area contributed by atoms with Gasteiger partial charge in [-0.25, -0.2) is 0 Å². The third-order valence-electron chi connectivity index (χ3n) is 2.49. The summed E-state index contributed by atoms with van der Waals surface area (Å²) in [4.78, 5) is 12.1. The lowest BCUT2D eigenvalue weighted by Gasteiger charge is -2.03. The van der Waals surface area contributed by atoms with E-state index in [1.165, 1.54) is 0 Å². The van der Waals surface area contributed by atoms with Crippen molar-refractivity contribution in [3.8, 4) is 5.75 Å². The molecule has 2 aromatic rings. The average Bonchev–Trinajstić information content (AvgIpc) is 2.46. The summed E-state index contributed by atoms with van der Waals surface area (Å²) in [5.74, 6) is 0.742. The van der Waals surface area contributed by atoms with Crippen LogP contribution in [0.15, 0.2) is 66.9 Å². The molecule has 0 aliphatic carbocycles. The molecule has 0 bridgehead atoms. The summed E-state index contributed by atoms with van der Waals surface area (Å²) in [7, 11) is 0. The SMILES string of the molecule is CC=COc1ccc(C(=O)c2ccccc2)cc1. The van der Waals surface area contributed by atoms with E-state index in [1.54, 1.807) is 30.5 Å². The van der Waals surface area contributed by atoms with Gasteiger partial charge in [-0.15, -0.1) is 0 Å². The molecular formula is C16H14O2. The fourth-order valence-electron chi connectivity index (χ4n) is 1.59. The summed E-state index contributed by atoms with van der Waals surface area (Å²) in [6.07, 6.45) is 3.41. The Morgan fingerprint density at radius 2 is 1.56 bits per heavy atom. The minimum absolute atomic E-state index is 0.0215. The van der Waals surface area contributed by atoms with E-state index < -0.39 is 0 Å². The molecule has 18 heavy (non-hydrogen) atoms. The fourth-order valence-corrected chi connectivity index (χ4v) is 1.59. The standard InChI is InChI=1S/C16H14O2/c1-2-12-18-15-10-8-14(9-11-15)16(17)13-6-4-3-5-7-13/h2-12H,1H3. The van der Waals surface area contributed by atoms with Crippen LogP contribution in [-0.2, 0) is 0 Å². The van der Waals surface area contributed by atoms with Crippen LogP contribution >= 0.6 is 0 Å². The number of ketones is 1. The third-order valence-corrected chi connectivity index (χ3v) is 2.49. The molecule has 0 unspecified atom stereocenters. The van der Waals surface area contributed by atoms with Gasteiger partial charge in [-0.2, -0.15) is 0 Å². The molecule has 0 N–H and O–H groups in total. The van der Waals surface area contributed by atoms with E-state index in [9.17, 15) is 4.79 Å². The third kappa shape index (κ3) is 2.86. The van der Waals surface area contributed by atoms with Crippen LogP contribution in [0.25, 0.3) is 0 Å². The maximum Gasteiger partial charge on any atom is 0.193 e. The highest BCUT2D eigenvalue weighted by molar-refractivity contribution is 6.08. The lowest BCUT2D eigenvalue weighted by Crippen LogP contribution is -2.00. The maximum atomic E-state index is 12.1. The largest absolute Gasteiger partial charge is 0.465 e. The van der Waals surface area contributed by atoms with Gasteiger partial charge < -0.3 is 4.74 Å². The lowest BCUT2D eigenvalue weighted by atomic mass is 10.0. The van der Waals surface area contributed by atoms with Crippen molar-refractivity contribution in [1.29, 1.82) is 0 Å². The van der Waals surface area contributed by atoms with Gasteiger partial charge in [0.1, 0.15) is 5.75 Å². The molecule has 0 aliphatic rings. The minimum Gasteiger partial charge on any atom is -0.465 e. The quantitative estimate of drug-likeness (QED) is 0.597. The molecule has 0 aliphatic heterocycles. The maximum absolute atomic E-state index is 12.1. The Bertz CT molecular complexity index is 539. The minimum atomic E-state index is 0.0215. The number of rotatable bonds is 4. The molecule has 0 atom stereocenters. The first-order chi connectivity index (χ1) is 8.81. The molecular weight excluding hydrogens is 224 g/mol. The smallest absolute Gasteiger partial charge is 0.193 e. The molecule has 0 heterocycles. The molecule has 0 radical (unpaired) electrons. The molecule has 2 heteroatoms. The fraction of sp³-hybridized carbons (Fsp3) is 0.0625. The van der Waals surface area contributed by atoms with Gasteiger partial charge in [-0.1, -0.05) is 36.4 Å². The van der Waals surface area contributed by atoms with Gasteiger partial charge >= 0.3 is 0 Å². The Morgan fingerprint density at radius 3 is 2.17 bits per heavy atom. The summed E-state index contributed by atoms with van der Waals surface area (Å²) >= 11 is 0. The van der Waals surface area contributed by atoms with Gasteiger partial charge in [0.05, 0.1) is 6.26 Å². The van der Waals surface area contributed by atoms with E-state index in [1.807, 2.05) is 43.3 Å². The zero-order valence-corrected chi connectivity index (χ0v) is 10.2. The number of hydrogen-bond acceptors (Lipinski definition) is 2. The van der Waals surface area contributed by atoms with Crippen molar-refractivity contribution in [2.45, 2.75) is 6.92 Å². The number of hydrogen-bond donors (Lipinski definition) is 0.